The highest BCUT2D eigenvalue weighted by molar-refractivity contribution is 6.33. The van der Waals surface area contributed by atoms with Crippen LogP contribution in [-0.2, 0) is 11.3 Å². The van der Waals surface area contributed by atoms with Crippen LogP contribution in [0.4, 0.5) is 5.69 Å². The van der Waals surface area contributed by atoms with Gasteiger partial charge in [-0.05, 0) is 17.7 Å². The first-order valence-electron chi connectivity index (χ1n) is 10.2. The number of halogens is 1. The van der Waals surface area contributed by atoms with E-state index < -0.39 is 0 Å². The maximum atomic E-state index is 12.8. The first-order valence-corrected chi connectivity index (χ1v) is 10.6. The molecule has 0 spiro atoms. The lowest BCUT2D eigenvalue weighted by atomic mass is 10.2. The highest BCUT2D eigenvalue weighted by atomic mass is 35.5. The van der Waals surface area contributed by atoms with Gasteiger partial charge in [0.15, 0.2) is 0 Å². The van der Waals surface area contributed by atoms with Crippen LogP contribution in [0.15, 0.2) is 67.0 Å². The van der Waals surface area contributed by atoms with Crippen LogP contribution < -0.4 is 5.32 Å². The van der Waals surface area contributed by atoms with Crippen LogP contribution in [0, 0.1) is 0 Å². The Labute approximate surface area is 186 Å². The number of carbonyl (C=O) groups is 2. The molecule has 1 saturated heterocycles. The van der Waals surface area contributed by atoms with Crippen LogP contribution in [0.5, 0.6) is 0 Å². The summed E-state index contributed by atoms with van der Waals surface area (Å²) in [6, 6.07) is 17.2. The minimum atomic E-state index is -0.116. The monoisotopic (exact) mass is 437 g/mol. The van der Waals surface area contributed by atoms with Crippen LogP contribution in [0.25, 0.3) is 0 Å². The third-order valence-electron chi connectivity index (χ3n) is 5.24. The first kappa shape index (κ1) is 21.1. The van der Waals surface area contributed by atoms with Crippen molar-refractivity contribution in [3.05, 3.63) is 83.1 Å². The number of para-hydroxylation sites is 1. The van der Waals surface area contributed by atoms with Crippen LogP contribution in [-0.4, -0.2) is 64.1 Å². The fraction of sp³-hybridized carbons (Fsp3) is 0.261. The first-order chi connectivity index (χ1) is 15.1. The van der Waals surface area contributed by atoms with Crippen molar-refractivity contribution in [3.63, 3.8) is 0 Å². The van der Waals surface area contributed by atoms with E-state index in [0.29, 0.717) is 49.0 Å². The molecule has 2 heterocycles. The van der Waals surface area contributed by atoms with Crippen molar-refractivity contribution in [2.24, 2.45) is 0 Å². The summed E-state index contributed by atoms with van der Waals surface area (Å²) in [5.41, 5.74) is 2.32. The van der Waals surface area contributed by atoms with Crippen molar-refractivity contribution < 1.29 is 9.59 Å². The van der Waals surface area contributed by atoms with E-state index in [-0.39, 0.29) is 18.4 Å². The van der Waals surface area contributed by atoms with Crippen LogP contribution in [0.1, 0.15) is 15.9 Å². The van der Waals surface area contributed by atoms with Gasteiger partial charge in [-0.25, -0.2) is 0 Å². The molecular formula is C23H24ClN5O2. The summed E-state index contributed by atoms with van der Waals surface area (Å²) in [5, 5.41) is 7.67. The quantitative estimate of drug-likeness (QED) is 0.643. The lowest BCUT2D eigenvalue weighted by Crippen LogP contribution is -2.50. The van der Waals surface area contributed by atoms with Gasteiger partial charge in [0.2, 0.25) is 5.91 Å². The predicted molar refractivity (Wildman–Crippen MR) is 120 cm³/mol. The normalized spacial score (nSPS) is 14.4. The van der Waals surface area contributed by atoms with E-state index in [4.69, 9.17) is 11.6 Å². The van der Waals surface area contributed by atoms with E-state index in [1.165, 1.54) is 0 Å². The van der Waals surface area contributed by atoms with Gasteiger partial charge in [-0.15, -0.1) is 0 Å². The highest BCUT2D eigenvalue weighted by Gasteiger charge is 2.24. The predicted octanol–water partition coefficient (Wildman–Crippen LogP) is 2.98. The molecule has 1 aliphatic heterocycles. The average Bonchev–Trinajstić information content (AvgIpc) is 3.24. The van der Waals surface area contributed by atoms with Gasteiger partial charge in [0.1, 0.15) is 0 Å². The lowest BCUT2D eigenvalue weighted by Gasteiger charge is -2.34. The topological polar surface area (TPSA) is 70.5 Å². The molecule has 1 aliphatic rings. The molecule has 4 rings (SSSR count). The smallest absolute Gasteiger partial charge is 0.257 e. The van der Waals surface area contributed by atoms with Crippen molar-refractivity contribution >= 4 is 29.1 Å². The second-order valence-corrected chi connectivity index (χ2v) is 7.92. The largest absolute Gasteiger partial charge is 0.336 e. The lowest BCUT2D eigenvalue weighted by molar-refractivity contribution is -0.117. The van der Waals surface area contributed by atoms with Crippen molar-refractivity contribution in [3.8, 4) is 0 Å². The molecule has 2 amide bonds. The van der Waals surface area contributed by atoms with Gasteiger partial charge in [-0.3, -0.25) is 19.2 Å². The number of nitrogens with zero attached hydrogens (tertiary/aromatic N) is 4. The summed E-state index contributed by atoms with van der Waals surface area (Å²) in [4.78, 5) is 29.0. The molecule has 0 aliphatic carbocycles. The second-order valence-electron chi connectivity index (χ2n) is 7.51. The second kappa shape index (κ2) is 9.76. The molecule has 0 radical (unpaired) electrons. The van der Waals surface area contributed by atoms with Gasteiger partial charge in [0.25, 0.3) is 5.91 Å². The SMILES string of the molecule is O=C(CN1CCN(C(=O)c2cnn(Cc3ccccc3)c2)CC1)Nc1ccccc1Cl. The van der Waals surface area contributed by atoms with Crippen LogP contribution in [0.3, 0.4) is 0 Å². The van der Waals surface area contributed by atoms with Gasteiger partial charge >= 0.3 is 0 Å². The maximum absolute atomic E-state index is 12.8. The molecule has 0 atom stereocenters. The zero-order chi connectivity index (χ0) is 21.6. The van der Waals surface area contributed by atoms with Gasteiger partial charge in [0, 0.05) is 32.4 Å². The van der Waals surface area contributed by atoms with E-state index in [1.54, 1.807) is 29.2 Å². The van der Waals surface area contributed by atoms with E-state index in [2.05, 4.69) is 10.4 Å². The summed E-state index contributed by atoms with van der Waals surface area (Å²) in [7, 11) is 0. The Balaban J connectivity index is 1.26. The summed E-state index contributed by atoms with van der Waals surface area (Å²) < 4.78 is 1.78. The molecule has 0 saturated carbocycles. The molecule has 3 aromatic rings. The number of nitrogens with one attached hydrogen (secondary N) is 1. The zero-order valence-corrected chi connectivity index (χ0v) is 17.8. The van der Waals surface area contributed by atoms with Gasteiger partial charge < -0.3 is 10.2 Å². The number of benzene rings is 2. The van der Waals surface area contributed by atoms with E-state index >= 15 is 0 Å². The summed E-state index contributed by atoms with van der Waals surface area (Å²) >= 11 is 6.09. The number of hydrogen-bond donors (Lipinski definition) is 1. The molecule has 0 bridgehead atoms. The Kier molecular flexibility index (Phi) is 6.64. The van der Waals surface area contributed by atoms with E-state index in [9.17, 15) is 9.59 Å². The Hall–Kier alpha value is -3.16. The van der Waals surface area contributed by atoms with E-state index in [0.717, 1.165) is 5.56 Å². The summed E-state index contributed by atoms with van der Waals surface area (Å²) in [6.07, 6.45) is 3.41. The van der Waals surface area contributed by atoms with Gasteiger partial charge in [-0.2, -0.15) is 5.10 Å². The minimum absolute atomic E-state index is 0.0283. The Morgan fingerprint density at radius 2 is 1.68 bits per heavy atom. The van der Waals surface area contributed by atoms with Gasteiger partial charge in [-0.1, -0.05) is 54.1 Å². The average molecular weight is 438 g/mol. The molecule has 0 unspecified atom stereocenters. The van der Waals surface area contributed by atoms with Crippen molar-refractivity contribution in [1.29, 1.82) is 0 Å². The third kappa shape index (κ3) is 5.51. The molecule has 1 fully saturated rings. The molecular weight excluding hydrogens is 414 g/mol. The molecule has 31 heavy (non-hydrogen) atoms. The molecule has 8 heteroatoms. The maximum Gasteiger partial charge on any atom is 0.257 e. The number of amides is 2. The number of hydrogen-bond acceptors (Lipinski definition) is 4. The number of anilines is 1. The fourth-order valence-corrected chi connectivity index (χ4v) is 3.76. The Morgan fingerprint density at radius 1 is 0.968 bits per heavy atom. The number of aromatic nitrogens is 2. The third-order valence-corrected chi connectivity index (χ3v) is 5.57. The minimum Gasteiger partial charge on any atom is -0.336 e. The number of rotatable bonds is 6. The van der Waals surface area contributed by atoms with Crippen LogP contribution >= 0.6 is 11.6 Å². The van der Waals surface area contributed by atoms with Crippen molar-refractivity contribution in [2.75, 3.05) is 38.0 Å². The molecule has 7 nitrogen and oxygen atoms in total. The molecule has 2 aromatic carbocycles. The highest BCUT2D eigenvalue weighted by Crippen LogP contribution is 2.20. The standard InChI is InChI=1S/C23H24ClN5O2/c24-20-8-4-5-9-21(20)26-22(30)17-27-10-12-28(13-11-27)23(31)19-14-25-29(16-19)15-18-6-2-1-3-7-18/h1-9,14,16H,10-13,15,17H2,(H,26,30). The summed E-state index contributed by atoms with van der Waals surface area (Å²) in [5.74, 6) is -0.144. The fourth-order valence-electron chi connectivity index (χ4n) is 3.58. The molecule has 160 valence electrons. The van der Waals surface area contributed by atoms with E-state index in [1.807, 2.05) is 52.3 Å². The number of piperazine rings is 1. The summed E-state index contributed by atoms with van der Waals surface area (Å²) in [6.45, 7) is 3.31. The Bertz CT molecular complexity index is 1040. The van der Waals surface area contributed by atoms with Crippen LogP contribution in [0.2, 0.25) is 5.02 Å². The molecule has 1 aromatic heterocycles. The van der Waals surface area contributed by atoms with Crippen molar-refractivity contribution in [2.45, 2.75) is 6.54 Å². The molecule has 1 N–H and O–H groups in total. The Morgan fingerprint density at radius 3 is 2.42 bits per heavy atom. The number of carbonyl (C=O) groups excluding carboxylic acids is 2. The van der Waals surface area contributed by atoms with Crippen molar-refractivity contribution in [1.82, 2.24) is 19.6 Å². The van der Waals surface area contributed by atoms with Gasteiger partial charge in [0.05, 0.1) is 35.6 Å². The zero-order valence-electron chi connectivity index (χ0n) is 17.1.